The lowest BCUT2D eigenvalue weighted by Crippen LogP contribution is -2.27. The first-order valence-electron chi connectivity index (χ1n) is 8.82. The van der Waals surface area contributed by atoms with E-state index in [1.807, 2.05) is 0 Å². The van der Waals surface area contributed by atoms with Crippen LogP contribution in [0.1, 0.15) is 41.4 Å². The number of rotatable bonds is 7. The average Bonchev–Trinajstić information content (AvgIpc) is 3.08. The standard InChI is InChI=1S/C19H21ClN4O4/c1-11(25)7-14-9-21-24(19(27)12(14)2)10-18-22-17(23-28-18)8-16(26)13-3-5-15(20)6-4-13/h3-6,9,11,16,25-26H,7-8,10H2,1-2H3/t11-,16-/m0/s1. The van der Waals surface area contributed by atoms with Crippen LogP contribution >= 0.6 is 11.6 Å². The number of nitrogens with zero attached hydrogens (tertiary/aromatic N) is 4. The van der Waals surface area contributed by atoms with Gasteiger partial charge < -0.3 is 14.7 Å². The lowest BCUT2D eigenvalue weighted by molar-refractivity contribution is 0.174. The molecule has 2 N–H and O–H groups in total. The fourth-order valence-electron chi connectivity index (χ4n) is 2.80. The molecule has 1 aromatic carbocycles. The Morgan fingerprint density at radius 2 is 1.93 bits per heavy atom. The lowest BCUT2D eigenvalue weighted by atomic mass is 10.1. The normalized spacial score (nSPS) is 13.5. The molecule has 2 aromatic heterocycles. The summed E-state index contributed by atoms with van der Waals surface area (Å²) in [5, 5.41) is 28.4. The Hall–Kier alpha value is -2.55. The first kappa shape index (κ1) is 20.2. The van der Waals surface area contributed by atoms with Crippen molar-refractivity contribution in [3.05, 3.63) is 74.2 Å². The van der Waals surface area contributed by atoms with Crippen molar-refractivity contribution in [3.8, 4) is 0 Å². The van der Waals surface area contributed by atoms with Crippen LogP contribution in [0.5, 0.6) is 0 Å². The Morgan fingerprint density at radius 3 is 2.61 bits per heavy atom. The number of aromatic nitrogens is 4. The van der Waals surface area contributed by atoms with Gasteiger partial charge in [-0.1, -0.05) is 28.9 Å². The quantitative estimate of drug-likeness (QED) is 0.617. The number of aliphatic hydroxyl groups is 2. The van der Waals surface area contributed by atoms with Gasteiger partial charge in [0.1, 0.15) is 6.54 Å². The third kappa shape index (κ3) is 4.83. The SMILES string of the molecule is Cc1c(C[C@H](C)O)cnn(Cc2nc(C[C@H](O)c3ccc(Cl)cc3)no2)c1=O. The number of benzene rings is 1. The van der Waals surface area contributed by atoms with E-state index in [-0.39, 0.29) is 24.4 Å². The second kappa shape index (κ2) is 8.64. The summed E-state index contributed by atoms with van der Waals surface area (Å²) >= 11 is 5.85. The lowest BCUT2D eigenvalue weighted by Gasteiger charge is -2.09. The van der Waals surface area contributed by atoms with Crippen LogP contribution in [0.25, 0.3) is 0 Å². The molecular formula is C19H21ClN4O4. The molecule has 0 radical (unpaired) electrons. The van der Waals surface area contributed by atoms with Crippen molar-refractivity contribution < 1.29 is 14.7 Å². The second-order valence-corrected chi connectivity index (χ2v) is 7.12. The van der Waals surface area contributed by atoms with Gasteiger partial charge in [-0.3, -0.25) is 4.79 Å². The van der Waals surface area contributed by atoms with Crippen LogP contribution in [0.2, 0.25) is 5.02 Å². The summed E-state index contributed by atoms with van der Waals surface area (Å²) in [5.41, 5.74) is 1.64. The van der Waals surface area contributed by atoms with E-state index in [1.165, 1.54) is 4.68 Å². The van der Waals surface area contributed by atoms with Gasteiger partial charge in [0.2, 0.25) is 5.89 Å². The topological polar surface area (TPSA) is 114 Å². The number of hydrogen-bond acceptors (Lipinski definition) is 7. The van der Waals surface area contributed by atoms with Crippen molar-refractivity contribution >= 4 is 11.6 Å². The van der Waals surface area contributed by atoms with Crippen molar-refractivity contribution in [1.29, 1.82) is 0 Å². The minimum atomic E-state index is -0.800. The van der Waals surface area contributed by atoms with Crippen LogP contribution in [0.4, 0.5) is 0 Å². The largest absolute Gasteiger partial charge is 0.393 e. The summed E-state index contributed by atoms with van der Waals surface area (Å²) in [6.07, 6.45) is 0.736. The van der Waals surface area contributed by atoms with Gasteiger partial charge in [-0.2, -0.15) is 10.1 Å². The van der Waals surface area contributed by atoms with Gasteiger partial charge in [0.15, 0.2) is 5.82 Å². The molecule has 0 saturated heterocycles. The van der Waals surface area contributed by atoms with Gasteiger partial charge in [0, 0.05) is 23.4 Å². The van der Waals surface area contributed by atoms with Gasteiger partial charge in [0.05, 0.1) is 18.4 Å². The summed E-state index contributed by atoms with van der Waals surface area (Å²) in [6.45, 7) is 3.38. The Balaban J connectivity index is 1.70. The molecule has 3 rings (SSSR count). The minimum Gasteiger partial charge on any atom is -0.393 e. The van der Waals surface area contributed by atoms with Gasteiger partial charge in [0.25, 0.3) is 5.56 Å². The summed E-state index contributed by atoms with van der Waals surface area (Å²) in [5.74, 6) is 0.545. The molecule has 9 heteroatoms. The van der Waals surface area contributed by atoms with Crippen molar-refractivity contribution in [2.45, 2.75) is 45.4 Å². The molecule has 0 aliphatic heterocycles. The van der Waals surface area contributed by atoms with Crippen LogP contribution in [-0.2, 0) is 19.4 Å². The smallest absolute Gasteiger partial charge is 0.270 e. The summed E-state index contributed by atoms with van der Waals surface area (Å²) in [7, 11) is 0. The monoisotopic (exact) mass is 404 g/mol. The molecular weight excluding hydrogens is 384 g/mol. The molecule has 3 aromatic rings. The zero-order valence-corrected chi connectivity index (χ0v) is 16.3. The molecule has 0 bridgehead atoms. The highest BCUT2D eigenvalue weighted by molar-refractivity contribution is 6.30. The third-order valence-corrected chi connectivity index (χ3v) is 4.58. The van der Waals surface area contributed by atoms with E-state index < -0.39 is 12.2 Å². The van der Waals surface area contributed by atoms with E-state index in [1.54, 1.807) is 44.3 Å². The van der Waals surface area contributed by atoms with E-state index >= 15 is 0 Å². The zero-order valence-electron chi connectivity index (χ0n) is 15.5. The summed E-state index contributed by atoms with van der Waals surface area (Å²) in [4.78, 5) is 16.7. The molecule has 0 fully saturated rings. The Morgan fingerprint density at radius 1 is 1.21 bits per heavy atom. The van der Waals surface area contributed by atoms with E-state index in [9.17, 15) is 15.0 Å². The molecule has 0 unspecified atom stereocenters. The molecule has 0 amide bonds. The molecule has 8 nitrogen and oxygen atoms in total. The van der Waals surface area contributed by atoms with Gasteiger partial charge >= 0.3 is 0 Å². The highest BCUT2D eigenvalue weighted by Gasteiger charge is 2.16. The molecule has 28 heavy (non-hydrogen) atoms. The first-order chi connectivity index (χ1) is 13.3. The van der Waals surface area contributed by atoms with Crippen LogP contribution in [-0.4, -0.2) is 36.2 Å². The number of aliphatic hydroxyl groups excluding tert-OH is 2. The maximum absolute atomic E-state index is 12.5. The van der Waals surface area contributed by atoms with Crippen LogP contribution < -0.4 is 5.56 Å². The minimum absolute atomic E-state index is 0.0265. The third-order valence-electron chi connectivity index (χ3n) is 4.33. The highest BCUT2D eigenvalue weighted by atomic mass is 35.5. The molecule has 2 heterocycles. The van der Waals surface area contributed by atoms with Crippen molar-refractivity contribution in [2.75, 3.05) is 0 Å². The van der Waals surface area contributed by atoms with Crippen molar-refractivity contribution in [2.24, 2.45) is 0 Å². The summed E-state index contributed by atoms with van der Waals surface area (Å²) < 4.78 is 6.41. The molecule has 0 aliphatic rings. The van der Waals surface area contributed by atoms with E-state index in [4.69, 9.17) is 16.1 Å². The van der Waals surface area contributed by atoms with Crippen LogP contribution in [0, 0.1) is 6.92 Å². The zero-order chi connectivity index (χ0) is 20.3. The molecule has 148 valence electrons. The molecule has 2 atom stereocenters. The Labute approximate surface area is 166 Å². The summed E-state index contributed by atoms with van der Waals surface area (Å²) in [6, 6.07) is 6.86. The Bertz CT molecular complexity index is 998. The predicted octanol–water partition coefficient (Wildman–Crippen LogP) is 1.84. The number of hydrogen-bond donors (Lipinski definition) is 2. The van der Waals surface area contributed by atoms with Crippen LogP contribution in [0.3, 0.4) is 0 Å². The predicted molar refractivity (Wildman–Crippen MR) is 102 cm³/mol. The molecule has 0 spiro atoms. The van der Waals surface area contributed by atoms with Crippen molar-refractivity contribution in [1.82, 2.24) is 19.9 Å². The molecule has 0 saturated carbocycles. The van der Waals surface area contributed by atoms with Gasteiger partial charge in [-0.15, -0.1) is 0 Å². The Kier molecular flexibility index (Phi) is 6.23. The van der Waals surface area contributed by atoms with Gasteiger partial charge in [-0.25, -0.2) is 4.68 Å². The van der Waals surface area contributed by atoms with Crippen LogP contribution in [0.15, 0.2) is 39.8 Å². The van der Waals surface area contributed by atoms with E-state index in [0.717, 1.165) is 0 Å². The average molecular weight is 405 g/mol. The van der Waals surface area contributed by atoms with Gasteiger partial charge in [-0.05, 0) is 37.1 Å². The first-order valence-corrected chi connectivity index (χ1v) is 9.20. The van der Waals surface area contributed by atoms with E-state index in [0.29, 0.717) is 34.0 Å². The highest BCUT2D eigenvalue weighted by Crippen LogP contribution is 2.19. The number of halogens is 1. The maximum atomic E-state index is 12.5. The fourth-order valence-corrected chi connectivity index (χ4v) is 2.92. The van der Waals surface area contributed by atoms with E-state index in [2.05, 4.69) is 15.2 Å². The fraction of sp³-hybridized carbons (Fsp3) is 0.368. The second-order valence-electron chi connectivity index (χ2n) is 6.69. The maximum Gasteiger partial charge on any atom is 0.270 e. The molecule has 0 aliphatic carbocycles. The van der Waals surface area contributed by atoms with Crippen molar-refractivity contribution in [3.63, 3.8) is 0 Å².